The van der Waals surface area contributed by atoms with Crippen molar-refractivity contribution in [2.75, 3.05) is 13.2 Å². The van der Waals surface area contributed by atoms with E-state index >= 15 is 0 Å². The van der Waals surface area contributed by atoms with Gasteiger partial charge in [0.15, 0.2) is 0 Å². The van der Waals surface area contributed by atoms with Crippen LogP contribution in [0.1, 0.15) is 64.5 Å². The van der Waals surface area contributed by atoms with Gasteiger partial charge < -0.3 is 9.47 Å². The minimum atomic E-state index is 0.153. The number of hydrogen-bond acceptors (Lipinski definition) is 2. The second-order valence-corrected chi connectivity index (χ2v) is 6.51. The SMILES string of the molecule is CCCCCCCOC(C)c1ccc(-c2ccc(OCC)cc2)cc1. The van der Waals surface area contributed by atoms with Crippen LogP contribution in [0, 0.1) is 0 Å². The van der Waals surface area contributed by atoms with Crippen LogP contribution >= 0.6 is 0 Å². The molecular weight excluding hydrogens is 308 g/mol. The Morgan fingerprint density at radius 3 is 1.96 bits per heavy atom. The van der Waals surface area contributed by atoms with E-state index in [0.717, 1.165) is 18.8 Å². The normalized spacial score (nSPS) is 12.1. The molecule has 0 spiro atoms. The van der Waals surface area contributed by atoms with Crippen molar-refractivity contribution >= 4 is 0 Å². The third kappa shape index (κ3) is 6.55. The van der Waals surface area contributed by atoms with Gasteiger partial charge >= 0.3 is 0 Å². The van der Waals surface area contributed by atoms with Gasteiger partial charge in [-0.2, -0.15) is 0 Å². The van der Waals surface area contributed by atoms with E-state index in [9.17, 15) is 0 Å². The van der Waals surface area contributed by atoms with E-state index in [0.29, 0.717) is 6.61 Å². The second-order valence-electron chi connectivity index (χ2n) is 6.51. The zero-order chi connectivity index (χ0) is 17.9. The van der Waals surface area contributed by atoms with Gasteiger partial charge in [-0.3, -0.25) is 0 Å². The predicted octanol–water partition coefficient (Wildman–Crippen LogP) is 6.80. The summed E-state index contributed by atoms with van der Waals surface area (Å²) in [5.41, 5.74) is 3.67. The number of ether oxygens (including phenoxy) is 2. The fourth-order valence-corrected chi connectivity index (χ4v) is 2.92. The van der Waals surface area contributed by atoms with Crippen molar-refractivity contribution in [3.05, 3.63) is 54.1 Å². The molecule has 2 aromatic carbocycles. The van der Waals surface area contributed by atoms with Gasteiger partial charge in [0, 0.05) is 6.61 Å². The van der Waals surface area contributed by atoms with Crippen LogP contribution in [0.3, 0.4) is 0 Å². The Balaban J connectivity index is 1.84. The molecule has 0 aliphatic carbocycles. The summed E-state index contributed by atoms with van der Waals surface area (Å²) in [6.45, 7) is 7.94. The van der Waals surface area contributed by atoms with E-state index in [1.807, 2.05) is 19.1 Å². The second kappa shape index (κ2) is 10.9. The van der Waals surface area contributed by atoms with Crippen molar-refractivity contribution in [2.45, 2.75) is 59.0 Å². The summed E-state index contributed by atoms with van der Waals surface area (Å²) < 4.78 is 11.5. The van der Waals surface area contributed by atoms with Crippen LogP contribution in [0.25, 0.3) is 11.1 Å². The Hall–Kier alpha value is -1.80. The van der Waals surface area contributed by atoms with Gasteiger partial charge in [0.2, 0.25) is 0 Å². The molecule has 2 rings (SSSR count). The van der Waals surface area contributed by atoms with E-state index in [1.165, 1.54) is 42.4 Å². The van der Waals surface area contributed by atoms with Crippen molar-refractivity contribution < 1.29 is 9.47 Å². The van der Waals surface area contributed by atoms with Crippen LogP contribution in [-0.4, -0.2) is 13.2 Å². The average molecular weight is 341 g/mol. The molecule has 0 bridgehead atoms. The maximum atomic E-state index is 5.98. The Morgan fingerprint density at radius 2 is 1.36 bits per heavy atom. The third-order valence-corrected chi connectivity index (χ3v) is 4.49. The van der Waals surface area contributed by atoms with Crippen LogP contribution in [0.5, 0.6) is 5.75 Å². The van der Waals surface area contributed by atoms with Crippen molar-refractivity contribution in [3.63, 3.8) is 0 Å². The average Bonchev–Trinajstić information content (AvgIpc) is 2.65. The summed E-state index contributed by atoms with van der Waals surface area (Å²) in [4.78, 5) is 0. The summed E-state index contributed by atoms with van der Waals surface area (Å²) in [5, 5.41) is 0. The van der Waals surface area contributed by atoms with E-state index in [-0.39, 0.29) is 6.10 Å². The molecule has 0 aliphatic rings. The largest absolute Gasteiger partial charge is 0.494 e. The standard InChI is InChI=1S/C23H32O2/c1-4-6-7-8-9-18-25-19(3)20-10-12-21(13-11-20)22-14-16-23(17-15-22)24-5-2/h10-17,19H,4-9,18H2,1-3H3. The quantitative estimate of drug-likeness (QED) is 0.419. The zero-order valence-corrected chi connectivity index (χ0v) is 16.0. The molecule has 2 aromatic rings. The summed E-state index contributed by atoms with van der Waals surface area (Å²) in [5.74, 6) is 0.920. The molecule has 0 saturated heterocycles. The summed E-state index contributed by atoms with van der Waals surface area (Å²) in [6.07, 6.45) is 6.54. The van der Waals surface area contributed by atoms with Gasteiger partial charge in [-0.1, -0.05) is 69.0 Å². The fraction of sp³-hybridized carbons (Fsp3) is 0.478. The zero-order valence-electron chi connectivity index (χ0n) is 16.0. The lowest BCUT2D eigenvalue weighted by molar-refractivity contribution is 0.0627. The molecule has 0 saturated carbocycles. The molecule has 1 unspecified atom stereocenters. The summed E-state index contributed by atoms with van der Waals surface area (Å²) >= 11 is 0. The highest BCUT2D eigenvalue weighted by atomic mass is 16.5. The Labute approximate surface area is 153 Å². The third-order valence-electron chi connectivity index (χ3n) is 4.49. The number of rotatable bonds is 11. The molecule has 0 N–H and O–H groups in total. The molecule has 0 aliphatic heterocycles. The first-order chi connectivity index (χ1) is 12.2. The van der Waals surface area contributed by atoms with E-state index < -0.39 is 0 Å². The molecule has 1 atom stereocenters. The van der Waals surface area contributed by atoms with Crippen molar-refractivity contribution in [3.8, 4) is 16.9 Å². The summed E-state index contributed by atoms with van der Waals surface area (Å²) in [6, 6.07) is 17.0. The van der Waals surface area contributed by atoms with Crippen molar-refractivity contribution in [1.82, 2.24) is 0 Å². The Morgan fingerprint density at radius 1 is 0.760 bits per heavy atom. The van der Waals surface area contributed by atoms with E-state index in [1.54, 1.807) is 0 Å². The lowest BCUT2D eigenvalue weighted by Gasteiger charge is -2.14. The molecule has 0 fully saturated rings. The Bertz CT molecular complexity index is 586. The molecular formula is C23H32O2. The van der Waals surface area contributed by atoms with Crippen LogP contribution in [0.2, 0.25) is 0 Å². The topological polar surface area (TPSA) is 18.5 Å². The van der Waals surface area contributed by atoms with Crippen molar-refractivity contribution in [1.29, 1.82) is 0 Å². The monoisotopic (exact) mass is 340 g/mol. The first-order valence-corrected chi connectivity index (χ1v) is 9.69. The lowest BCUT2D eigenvalue weighted by atomic mass is 10.0. The first-order valence-electron chi connectivity index (χ1n) is 9.69. The van der Waals surface area contributed by atoms with Crippen LogP contribution < -0.4 is 4.74 Å². The smallest absolute Gasteiger partial charge is 0.119 e. The highest BCUT2D eigenvalue weighted by Gasteiger charge is 2.06. The molecule has 2 nitrogen and oxygen atoms in total. The van der Waals surface area contributed by atoms with Gasteiger partial charge in [-0.05, 0) is 49.1 Å². The highest BCUT2D eigenvalue weighted by Crippen LogP contribution is 2.25. The maximum absolute atomic E-state index is 5.98. The van der Waals surface area contributed by atoms with E-state index in [2.05, 4.69) is 50.2 Å². The molecule has 0 radical (unpaired) electrons. The number of hydrogen-bond donors (Lipinski definition) is 0. The van der Waals surface area contributed by atoms with Crippen LogP contribution in [0.15, 0.2) is 48.5 Å². The molecule has 25 heavy (non-hydrogen) atoms. The molecule has 2 heteroatoms. The fourth-order valence-electron chi connectivity index (χ4n) is 2.92. The highest BCUT2D eigenvalue weighted by molar-refractivity contribution is 5.64. The minimum Gasteiger partial charge on any atom is -0.494 e. The number of unbranched alkanes of at least 4 members (excludes halogenated alkanes) is 4. The van der Waals surface area contributed by atoms with Crippen LogP contribution in [-0.2, 0) is 4.74 Å². The summed E-state index contributed by atoms with van der Waals surface area (Å²) in [7, 11) is 0. The van der Waals surface area contributed by atoms with Gasteiger partial charge in [0.05, 0.1) is 12.7 Å². The van der Waals surface area contributed by atoms with Crippen LogP contribution in [0.4, 0.5) is 0 Å². The molecule has 0 aromatic heterocycles. The van der Waals surface area contributed by atoms with Gasteiger partial charge in [-0.15, -0.1) is 0 Å². The predicted molar refractivity (Wildman–Crippen MR) is 106 cm³/mol. The van der Waals surface area contributed by atoms with Gasteiger partial charge in [0.1, 0.15) is 5.75 Å². The van der Waals surface area contributed by atoms with Crippen molar-refractivity contribution in [2.24, 2.45) is 0 Å². The van der Waals surface area contributed by atoms with Gasteiger partial charge in [-0.25, -0.2) is 0 Å². The maximum Gasteiger partial charge on any atom is 0.119 e. The first kappa shape index (κ1) is 19.5. The minimum absolute atomic E-state index is 0.153. The molecule has 0 heterocycles. The molecule has 136 valence electrons. The molecule has 0 amide bonds. The lowest BCUT2D eigenvalue weighted by Crippen LogP contribution is -2.01. The van der Waals surface area contributed by atoms with E-state index in [4.69, 9.17) is 9.47 Å². The number of benzene rings is 2. The van der Waals surface area contributed by atoms with Gasteiger partial charge in [0.25, 0.3) is 0 Å². The Kier molecular flexibility index (Phi) is 8.54.